The van der Waals surface area contributed by atoms with Gasteiger partial charge in [-0.2, -0.15) is 5.10 Å². The fourth-order valence-electron chi connectivity index (χ4n) is 1.63. The van der Waals surface area contributed by atoms with Crippen LogP contribution in [0.2, 0.25) is 0 Å². The highest BCUT2D eigenvalue weighted by Crippen LogP contribution is 2.23. The van der Waals surface area contributed by atoms with Gasteiger partial charge >= 0.3 is 0 Å². The SMILES string of the molecule is CC(C)Cn1ncc(C(=O)NCC(C)O)c1C(F)F. The van der Waals surface area contributed by atoms with Crippen LogP contribution in [0.3, 0.4) is 0 Å². The van der Waals surface area contributed by atoms with Gasteiger partial charge in [0.25, 0.3) is 12.3 Å². The quantitative estimate of drug-likeness (QED) is 0.828. The summed E-state index contributed by atoms with van der Waals surface area (Å²) in [4.78, 5) is 11.8. The van der Waals surface area contributed by atoms with Crippen molar-refractivity contribution in [3.05, 3.63) is 17.5 Å². The highest BCUT2D eigenvalue weighted by Gasteiger charge is 2.24. The van der Waals surface area contributed by atoms with Crippen molar-refractivity contribution in [2.75, 3.05) is 6.54 Å². The Hall–Kier alpha value is -1.50. The van der Waals surface area contributed by atoms with Gasteiger partial charge in [-0.1, -0.05) is 13.8 Å². The van der Waals surface area contributed by atoms with E-state index in [1.54, 1.807) is 0 Å². The lowest BCUT2D eigenvalue weighted by Gasteiger charge is -2.11. The number of hydrogen-bond acceptors (Lipinski definition) is 3. The first-order chi connectivity index (χ1) is 8.82. The van der Waals surface area contributed by atoms with Gasteiger partial charge in [-0.3, -0.25) is 9.48 Å². The molecule has 1 amide bonds. The van der Waals surface area contributed by atoms with Crippen LogP contribution in [0, 0.1) is 5.92 Å². The summed E-state index contributed by atoms with van der Waals surface area (Å²) >= 11 is 0. The van der Waals surface area contributed by atoms with Gasteiger partial charge in [-0.25, -0.2) is 8.78 Å². The van der Waals surface area contributed by atoms with Crippen molar-refractivity contribution in [3.8, 4) is 0 Å². The second kappa shape index (κ2) is 6.60. The predicted molar refractivity (Wildman–Crippen MR) is 66.0 cm³/mol. The molecule has 19 heavy (non-hydrogen) atoms. The van der Waals surface area contributed by atoms with Gasteiger partial charge in [0, 0.05) is 13.1 Å². The molecule has 1 rings (SSSR count). The number of rotatable bonds is 6. The molecule has 0 saturated carbocycles. The Bertz CT molecular complexity index is 431. The smallest absolute Gasteiger partial charge is 0.280 e. The van der Waals surface area contributed by atoms with Crippen molar-refractivity contribution in [3.63, 3.8) is 0 Å². The second-order valence-corrected chi connectivity index (χ2v) is 4.88. The molecular weight excluding hydrogens is 256 g/mol. The number of carbonyl (C=O) groups excluding carboxylic acids is 1. The summed E-state index contributed by atoms with van der Waals surface area (Å²) in [6.07, 6.45) is -2.36. The topological polar surface area (TPSA) is 67.2 Å². The average molecular weight is 275 g/mol. The van der Waals surface area contributed by atoms with E-state index in [1.807, 2.05) is 13.8 Å². The second-order valence-electron chi connectivity index (χ2n) is 4.88. The monoisotopic (exact) mass is 275 g/mol. The van der Waals surface area contributed by atoms with E-state index in [0.29, 0.717) is 6.54 Å². The Labute approximate surface area is 110 Å². The summed E-state index contributed by atoms with van der Waals surface area (Å²) in [6, 6.07) is 0. The standard InChI is InChI=1S/C12H19F2N3O2/c1-7(2)6-17-10(11(13)14)9(5-16-17)12(19)15-4-8(3)18/h5,7-8,11,18H,4,6H2,1-3H3,(H,15,19). The average Bonchev–Trinajstić information content (AvgIpc) is 2.68. The summed E-state index contributed by atoms with van der Waals surface area (Å²) in [5.41, 5.74) is -0.520. The number of aliphatic hydroxyl groups excluding tert-OH is 1. The summed E-state index contributed by atoms with van der Waals surface area (Å²) in [5.74, 6) is -0.503. The van der Waals surface area contributed by atoms with E-state index in [-0.39, 0.29) is 23.7 Å². The molecule has 1 aromatic rings. The predicted octanol–water partition coefficient (Wildman–Crippen LogP) is 1.59. The lowest BCUT2D eigenvalue weighted by atomic mass is 10.2. The third-order valence-corrected chi connectivity index (χ3v) is 2.43. The van der Waals surface area contributed by atoms with Crippen molar-refractivity contribution in [2.45, 2.75) is 39.8 Å². The van der Waals surface area contributed by atoms with E-state index in [9.17, 15) is 13.6 Å². The van der Waals surface area contributed by atoms with Gasteiger partial charge in [0.15, 0.2) is 0 Å². The number of aromatic nitrogens is 2. The third-order valence-electron chi connectivity index (χ3n) is 2.43. The number of nitrogens with zero attached hydrogens (tertiary/aromatic N) is 2. The molecule has 0 bridgehead atoms. The minimum Gasteiger partial charge on any atom is -0.392 e. The first kappa shape index (κ1) is 15.6. The van der Waals surface area contributed by atoms with Crippen molar-refractivity contribution in [1.29, 1.82) is 0 Å². The minimum atomic E-state index is -2.77. The van der Waals surface area contributed by atoms with Crippen molar-refractivity contribution >= 4 is 5.91 Å². The lowest BCUT2D eigenvalue weighted by molar-refractivity contribution is 0.0907. The first-order valence-electron chi connectivity index (χ1n) is 6.13. The molecule has 1 heterocycles. The number of hydrogen-bond donors (Lipinski definition) is 2. The largest absolute Gasteiger partial charge is 0.392 e. The summed E-state index contributed by atoms with van der Waals surface area (Å²) in [7, 11) is 0. The van der Waals surface area contributed by atoms with Crippen LogP contribution in [0.1, 0.15) is 43.2 Å². The molecule has 1 aromatic heterocycles. The normalized spacial score (nSPS) is 13.1. The fraction of sp³-hybridized carbons (Fsp3) is 0.667. The molecule has 0 aliphatic rings. The molecule has 0 aliphatic heterocycles. The molecule has 0 fully saturated rings. The lowest BCUT2D eigenvalue weighted by Crippen LogP contribution is -2.31. The highest BCUT2D eigenvalue weighted by atomic mass is 19.3. The molecule has 7 heteroatoms. The zero-order chi connectivity index (χ0) is 14.6. The van der Waals surface area contributed by atoms with Crippen molar-refractivity contribution in [2.24, 2.45) is 5.92 Å². The maximum absolute atomic E-state index is 13.0. The molecular formula is C12H19F2N3O2. The molecule has 0 saturated heterocycles. The number of carbonyl (C=O) groups is 1. The summed E-state index contributed by atoms with van der Waals surface area (Å²) in [6.45, 7) is 5.59. The van der Waals surface area contributed by atoms with Crippen LogP contribution in [0.15, 0.2) is 6.20 Å². The Morgan fingerprint density at radius 2 is 2.11 bits per heavy atom. The Morgan fingerprint density at radius 3 is 2.58 bits per heavy atom. The van der Waals surface area contributed by atoms with Crippen LogP contribution in [-0.4, -0.2) is 33.4 Å². The molecule has 0 aliphatic carbocycles. The van der Waals surface area contributed by atoms with Crippen LogP contribution in [0.4, 0.5) is 8.78 Å². The Kier molecular flexibility index (Phi) is 5.41. The van der Waals surface area contributed by atoms with E-state index in [4.69, 9.17) is 5.11 Å². The molecule has 0 aromatic carbocycles. The molecule has 2 N–H and O–H groups in total. The number of alkyl halides is 2. The summed E-state index contributed by atoms with van der Waals surface area (Å²) in [5, 5.41) is 15.3. The maximum atomic E-state index is 13.0. The van der Waals surface area contributed by atoms with E-state index in [0.717, 1.165) is 10.9 Å². The van der Waals surface area contributed by atoms with Gasteiger partial charge in [0.2, 0.25) is 0 Å². The zero-order valence-electron chi connectivity index (χ0n) is 11.2. The van der Waals surface area contributed by atoms with Gasteiger partial charge in [0.05, 0.1) is 17.9 Å². The van der Waals surface area contributed by atoms with Crippen LogP contribution in [-0.2, 0) is 6.54 Å². The third kappa shape index (κ3) is 4.27. The van der Waals surface area contributed by atoms with Gasteiger partial charge in [-0.15, -0.1) is 0 Å². The van der Waals surface area contributed by atoms with Crippen LogP contribution in [0.5, 0.6) is 0 Å². The van der Waals surface area contributed by atoms with Crippen molar-refractivity contribution in [1.82, 2.24) is 15.1 Å². The molecule has 108 valence electrons. The summed E-state index contributed by atoms with van der Waals surface area (Å²) < 4.78 is 27.2. The van der Waals surface area contributed by atoms with E-state index in [1.165, 1.54) is 6.92 Å². The maximum Gasteiger partial charge on any atom is 0.280 e. The van der Waals surface area contributed by atoms with E-state index < -0.39 is 18.4 Å². The Balaban J connectivity index is 2.94. The fourth-order valence-corrected chi connectivity index (χ4v) is 1.63. The number of aliphatic hydroxyl groups is 1. The van der Waals surface area contributed by atoms with Crippen LogP contribution in [0.25, 0.3) is 0 Å². The molecule has 5 nitrogen and oxygen atoms in total. The number of amides is 1. The van der Waals surface area contributed by atoms with Crippen LogP contribution >= 0.6 is 0 Å². The van der Waals surface area contributed by atoms with Crippen molar-refractivity contribution < 1.29 is 18.7 Å². The number of halogens is 2. The van der Waals surface area contributed by atoms with Gasteiger partial charge in [-0.05, 0) is 12.8 Å². The zero-order valence-corrected chi connectivity index (χ0v) is 11.2. The minimum absolute atomic E-state index is 0.0108. The first-order valence-corrected chi connectivity index (χ1v) is 6.13. The highest BCUT2D eigenvalue weighted by molar-refractivity contribution is 5.95. The van der Waals surface area contributed by atoms with E-state index >= 15 is 0 Å². The molecule has 0 radical (unpaired) electrons. The molecule has 1 atom stereocenters. The van der Waals surface area contributed by atoms with E-state index in [2.05, 4.69) is 10.4 Å². The molecule has 1 unspecified atom stereocenters. The van der Waals surface area contributed by atoms with Gasteiger partial charge < -0.3 is 10.4 Å². The van der Waals surface area contributed by atoms with Gasteiger partial charge in [0.1, 0.15) is 5.69 Å². The molecule has 0 spiro atoms. The number of nitrogens with one attached hydrogen (secondary N) is 1. The Morgan fingerprint density at radius 1 is 1.47 bits per heavy atom. The van der Waals surface area contributed by atoms with Crippen LogP contribution < -0.4 is 5.32 Å².